The Bertz CT molecular complexity index is 1090. The number of aromatic amines is 1. The van der Waals surface area contributed by atoms with Gasteiger partial charge in [-0.15, -0.1) is 0 Å². The van der Waals surface area contributed by atoms with E-state index in [0.717, 1.165) is 29.2 Å². The molecular weight excluding hydrogens is 469 g/mol. The Morgan fingerprint density at radius 1 is 1.23 bits per heavy atom. The van der Waals surface area contributed by atoms with Gasteiger partial charge in [0.25, 0.3) is 0 Å². The molecular formula is C25H32FN5O3S. The summed E-state index contributed by atoms with van der Waals surface area (Å²) in [6, 6.07) is 10.2. The second-order valence-electron chi connectivity index (χ2n) is 8.36. The summed E-state index contributed by atoms with van der Waals surface area (Å²) < 4.78 is 18.7. The molecule has 35 heavy (non-hydrogen) atoms. The first-order chi connectivity index (χ1) is 16.9. The van der Waals surface area contributed by atoms with Crippen molar-refractivity contribution < 1.29 is 19.0 Å². The molecule has 2 aromatic heterocycles. The van der Waals surface area contributed by atoms with Crippen LogP contribution in [0.15, 0.2) is 47.8 Å². The van der Waals surface area contributed by atoms with Crippen LogP contribution in [0.1, 0.15) is 26.7 Å². The van der Waals surface area contributed by atoms with Crippen molar-refractivity contribution in [1.29, 1.82) is 0 Å². The average molecular weight is 502 g/mol. The molecule has 0 saturated heterocycles. The molecule has 2 heterocycles. The number of H-pyrrole nitrogens is 1. The van der Waals surface area contributed by atoms with Crippen LogP contribution in [-0.4, -0.2) is 64.1 Å². The summed E-state index contributed by atoms with van der Waals surface area (Å²) in [5.41, 5.74) is 3.06. The van der Waals surface area contributed by atoms with Gasteiger partial charge in [-0.2, -0.15) is 0 Å². The predicted molar refractivity (Wildman–Crippen MR) is 137 cm³/mol. The summed E-state index contributed by atoms with van der Waals surface area (Å²) >= 11 is 1.32. The first kappa shape index (κ1) is 26.7. The van der Waals surface area contributed by atoms with Crippen molar-refractivity contribution in [2.75, 3.05) is 31.3 Å². The third-order valence-electron chi connectivity index (χ3n) is 4.94. The van der Waals surface area contributed by atoms with E-state index in [1.807, 2.05) is 33.0 Å². The number of aliphatic hydroxyl groups excluding tert-OH is 1. The summed E-state index contributed by atoms with van der Waals surface area (Å²) in [6.45, 7) is 4.73. The average Bonchev–Trinajstić information content (AvgIpc) is 3.26. The Balaban J connectivity index is 1.73. The number of ether oxygens (including phenoxy) is 1. The van der Waals surface area contributed by atoms with Gasteiger partial charge < -0.3 is 25.5 Å². The number of carbonyl (C=O) groups is 1. The van der Waals surface area contributed by atoms with Gasteiger partial charge in [-0.1, -0.05) is 11.8 Å². The highest BCUT2D eigenvalue weighted by Crippen LogP contribution is 2.33. The highest BCUT2D eigenvalue weighted by Gasteiger charge is 2.17. The summed E-state index contributed by atoms with van der Waals surface area (Å²) in [4.78, 5) is 24.2. The number of rotatable bonds is 13. The zero-order valence-corrected chi connectivity index (χ0v) is 21.0. The maximum atomic E-state index is 13.5. The van der Waals surface area contributed by atoms with Crippen LogP contribution in [0.5, 0.6) is 0 Å². The summed E-state index contributed by atoms with van der Waals surface area (Å²) in [5.74, 6) is 0.370. The monoisotopic (exact) mass is 501 g/mol. The van der Waals surface area contributed by atoms with Crippen molar-refractivity contribution in [2.45, 2.75) is 44.0 Å². The molecule has 10 heteroatoms. The molecule has 0 spiro atoms. The van der Waals surface area contributed by atoms with E-state index in [1.165, 1.54) is 23.9 Å². The minimum atomic E-state index is -0.834. The number of nitrogens with zero attached hydrogens (tertiary/aromatic N) is 2. The van der Waals surface area contributed by atoms with Crippen LogP contribution in [0.2, 0.25) is 0 Å². The number of aromatic nitrogens is 3. The first-order valence-electron chi connectivity index (χ1n) is 11.6. The first-order valence-corrected chi connectivity index (χ1v) is 12.5. The maximum Gasteiger partial charge on any atom is 0.305 e. The number of benzene rings is 1. The lowest BCUT2D eigenvalue weighted by Crippen LogP contribution is -2.21. The van der Waals surface area contributed by atoms with Crippen LogP contribution in [-0.2, 0) is 9.53 Å². The molecule has 0 amide bonds. The predicted octanol–water partition coefficient (Wildman–Crippen LogP) is 4.09. The number of halogens is 1. The smallest absolute Gasteiger partial charge is 0.305 e. The Labute approximate surface area is 209 Å². The maximum absolute atomic E-state index is 13.5. The van der Waals surface area contributed by atoms with E-state index in [0.29, 0.717) is 23.7 Å². The second-order valence-corrected chi connectivity index (χ2v) is 9.36. The van der Waals surface area contributed by atoms with Crippen molar-refractivity contribution in [2.24, 2.45) is 0 Å². The van der Waals surface area contributed by atoms with E-state index in [1.54, 1.807) is 18.3 Å². The van der Waals surface area contributed by atoms with Gasteiger partial charge in [0.15, 0.2) is 5.16 Å². The van der Waals surface area contributed by atoms with Crippen LogP contribution in [0, 0.1) is 5.82 Å². The number of nitrogens with one attached hydrogen (secondary N) is 3. The molecule has 0 aliphatic carbocycles. The minimum absolute atomic E-state index is 0.0711. The van der Waals surface area contributed by atoms with Crippen LogP contribution < -0.4 is 10.6 Å². The van der Waals surface area contributed by atoms with Crippen molar-refractivity contribution >= 4 is 23.5 Å². The van der Waals surface area contributed by atoms with E-state index < -0.39 is 6.10 Å². The molecule has 3 aromatic rings. The van der Waals surface area contributed by atoms with Gasteiger partial charge in [0.2, 0.25) is 0 Å². The quantitative estimate of drug-likeness (QED) is 0.157. The normalized spacial score (nSPS) is 12.1. The van der Waals surface area contributed by atoms with Crippen LogP contribution in [0.25, 0.3) is 22.5 Å². The number of pyridine rings is 1. The Morgan fingerprint density at radius 2 is 2.00 bits per heavy atom. The van der Waals surface area contributed by atoms with Gasteiger partial charge in [0, 0.05) is 35.5 Å². The molecule has 3 rings (SSSR count). The van der Waals surface area contributed by atoms with E-state index in [-0.39, 0.29) is 30.2 Å². The zero-order valence-electron chi connectivity index (χ0n) is 20.2. The molecule has 0 bridgehead atoms. The van der Waals surface area contributed by atoms with Crippen LogP contribution >= 0.6 is 11.8 Å². The van der Waals surface area contributed by atoms with Crippen molar-refractivity contribution in [3.63, 3.8) is 0 Å². The van der Waals surface area contributed by atoms with Gasteiger partial charge >= 0.3 is 5.97 Å². The lowest BCUT2D eigenvalue weighted by atomic mass is 10.1. The van der Waals surface area contributed by atoms with Gasteiger partial charge in [0.1, 0.15) is 18.2 Å². The summed E-state index contributed by atoms with van der Waals surface area (Å²) in [5, 5.41) is 17.1. The van der Waals surface area contributed by atoms with E-state index in [4.69, 9.17) is 9.72 Å². The zero-order chi connectivity index (χ0) is 25.2. The topological polar surface area (TPSA) is 112 Å². The van der Waals surface area contributed by atoms with Crippen molar-refractivity contribution in [3.05, 3.63) is 48.4 Å². The molecule has 0 aliphatic rings. The molecule has 0 radical (unpaired) electrons. The third-order valence-corrected chi connectivity index (χ3v) is 5.96. The fourth-order valence-electron chi connectivity index (χ4n) is 3.30. The number of imidazole rings is 1. The van der Waals surface area contributed by atoms with Gasteiger partial charge in [-0.3, -0.25) is 4.79 Å². The van der Waals surface area contributed by atoms with E-state index in [2.05, 4.69) is 20.6 Å². The molecule has 0 aliphatic heterocycles. The van der Waals surface area contributed by atoms with Crippen LogP contribution in [0.4, 0.5) is 10.2 Å². The Kier molecular flexibility index (Phi) is 10.1. The number of hydrogen-bond acceptors (Lipinski definition) is 8. The number of hydrogen-bond donors (Lipinski definition) is 4. The Hall–Kier alpha value is -2.95. The standard InChI is InChI=1S/C25H32FN5O3S/c1-16(2)29-21-13-18(10-12-28-21)24-23(17-6-8-19(26)9-7-17)30-25(31-24)35-15-20(32)14-34-22(33)5-4-11-27-3/h6-10,12-13,16,20,27,32H,4-5,11,14-15H2,1-3H3,(H,28,29)(H,30,31). The number of anilines is 1. The SMILES string of the molecule is CNCCCC(=O)OCC(O)CSc1nc(-c2ccnc(NC(C)C)c2)c(-c2ccc(F)cc2)[nH]1. The molecule has 1 unspecified atom stereocenters. The van der Waals surface area contributed by atoms with E-state index in [9.17, 15) is 14.3 Å². The summed E-state index contributed by atoms with van der Waals surface area (Å²) in [7, 11) is 1.82. The minimum Gasteiger partial charge on any atom is -0.463 e. The van der Waals surface area contributed by atoms with Crippen LogP contribution in [0.3, 0.4) is 0 Å². The number of esters is 1. The highest BCUT2D eigenvalue weighted by molar-refractivity contribution is 7.99. The van der Waals surface area contributed by atoms with Crippen molar-refractivity contribution in [1.82, 2.24) is 20.3 Å². The third kappa shape index (κ3) is 8.34. The number of carbonyl (C=O) groups excluding carboxylic acids is 1. The molecule has 0 saturated carbocycles. The van der Waals surface area contributed by atoms with E-state index >= 15 is 0 Å². The lowest BCUT2D eigenvalue weighted by molar-refractivity contribution is -0.146. The fourth-order valence-corrected chi connectivity index (χ4v) is 4.08. The van der Waals surface area contributed by atoms with Gasteiger partial charge in [0.05, 0.1) is 17.5 Å². The molecule has 8 nitrogen and oxygen atoms in total. The molecule has 1 aromatic carbocycles. The highest BCUT2D eigenvalue weighted by atomic mass is 32.2. The lowest BCUT2D eigenvalue weighted by Gasteiger charge is -2.10. The number of thioether (sulfide) groups is 1. The molecule has 0 fully saturated rings. The van der Waals surface area contributed by atoms with Gasteiger partial charge in [-0.25, -0.2) is 14.4 Å². The van der Waals surface area contributed by atoms with Crippen molar-refractivity contribution in [3.8, 4) is 22.5 Å². The fraction of sp³-hybridized carbons (Fsp3) is 0.400. The summed E-state index contributed by atoms with van der Waals surface area (Å²) in [6.07, 6.45) is 1.87. The largest absolute Gasteiger partial charge is 0.463 e. The van der Waals surface area contributed by atoms with Gasteiger partial charge in [-0.05, 0) is 70.3 Å². The Morgan fingerprint density at radius 3 is 2.71 bits per heavy atom. The second kappa shape index (κ2) is 13.2. The molecule has 1 atom stereocenters. The number of aliphatic hydroxyl groups is 1. The molecule has 4 N–H and O–H groups in total. The molecule has 188 valence electrons.